The number of epoxide rings is 2. The maximum absolute atomic E-state index is 8.58. The van der Waals surface area contributed by atoms with Gasteiger partial charge in [0.2, 0.25) is 0 Å². The van der Waals surface area contributed by atoms with Crippen LogP contribution in [0.4, 0.5) is 0 Å². The molecule has 452 valence electrons. The number of rotatable bonds is 18. The van der Waals surface area contributed by atoms with E-state index in [2.05, 4.69) is 0 Å². The Hall–Kier alpha value is -4.79. The topological polar surface area (TPSA) is 173 Å². The molecule has 0 N–H and O–H groups in total. The van der Waals surface area contributed by atoms with E-state index < -0.39 is 87.6 Å². The van der Waals surface area contributed by atoms with Gasteiger partial charge in [-0.1, -0.05) is 243 Å². The Kier molecular flexibility index (Phi) is 16.0. The first kappa shape index (κ1) is 59.5. The van der Waals surface area contributed by atoms with E-state index in [9.17, 15) is 0 Å². The average Bonchev–Trinajstić information content (AvgIpc) is 0.933. The normalized spacial score (nSPS) is 35.6. The third-order valence-electron chi connectivity index (χ3n) is 15.9. The summed E-state index contributed by atoms with van der Waals surface area (Å²) in [7, 11) is -49.5. The van der Waals surface area contributed by atoms with E-state index >= 15 is 0 Å². The van der Waals surface area contributed by atoms with Crippen molar-refractivity contribution in [2.75, 3.05) is 39.6 Å². The van der Waals surface area contributed by atoms with E-state index in [-0.39, 0.29) is 37.5 Å². The molecule has 8 heterocycles. The molecule has 8 saturated heterocycles. The van der Waals surface area contributed by atoms with Crippen LogP contribution in [0.15, 0.2) is 243 Å². The molecule has 0 radical (unpaired) electrons. The molecule has 88 heavy (non-hydrogen) atoms. The predicted molar refractivity (Wildman–Crippen MR) is 344 cm³/mol. The smallest absolute Gasteiger partial charge is 0.391 e. The summed E-state index contributed by atoms with van der Waals surface area (Å²) in [4.78, 5) is 0. The van der Waals surface area contributed by atoms with E-state index in [0.717, 1.165) is 0 Å². The van der Waals surface area contributed by atoms with Gasteiger partial charge in [0.15, 0.2) is 0 Å². The lowest BCUT2D eigenvalue weighted by molar-refractivity contribution is 0.0238. The van der Waals surface area contributed by atoms with Crippen LogP contribution >= 0.6 is 0 Å². The lowest BCUT2D eigenvalue weighted by Crippen LogP contribution is -2.93. The van der Waals surface area contributed by atoms with E-state index in [1.54, 1.807) is 0 Å². The first-order chi connectivity index (χ1) is 42.9. The Labute approximate surface area is 521 Å². The van der Waals surface area contributed by atoms with Crippen molar-refractivity contribution in [2.45, 2.75) is 37.4 Å². The minimum atomic E-state index is -5.22. The minimum absolute atomic E-state index is 0.0284. The number of hydrogen-bond acceptors (Lipinski definition) is 18. The van der Waals surface area contributed by atoms with E-state index in [1.807, 2.05) is 256 Å². The summed E-state index contributed by atoms with van der Waals surface area (Å²) in [6, 6.07) is 77.8. The van der Waals surface area contributed by atoms with Crippen LogP contribution in [0.25, 0.3) is 0 Å². The van der Waals surface area contributed by atoms with Gasteiger partial charge >= 0.3 is 87.6 Å². The van der Waals surface area contributed by atoms with Crippen LogP contribution in [0.1, 0.15) is 0 Å². The van der Waals surface area contributed by atoms with Crippen molar-refractivity contribution in [1.29, 1.82) is 0 Å². The van der Waals surface area contributed by atoms with E-state index in [0.29, 0.717) is 67.9 Å². The van der Waals surface area contributed by atoms with Gasteiger partial charge in [-0.15, -0.1) is 0 Å². The summed E-state index contributed by atoms with van der Waals surface area (Å²) in [5.74, 6) is 0. The third-order valence-corrected chi connectivity index (χ3v) is 59.2. The zero-order valence-corrected chi connectivity index (χ0v) is 58.3. The first-order valence-electron chi connectivity index (χ1n) is 29.5. The monoisotopic (exact) mass is 1350 g/mol. The minimum Gasteiger partial charge on any atom is -0.391 e. The van der Waals surface area contributed by atoms with Crippen molar-refractivity contribution >= 4 is 129 Å². The Morgan fingerprint density at radius 2 is 0.420 bits per heavy atom. The third kappa shape index (κ3) is 11.5. The lowest BCUT2D eigenvalue weighted by atomic mass is 10.4. The zero-order valence-electron chi connectivity index (χ0n) is 48.3. The first-order valence-corrected chi connectivity index (χ1v) is 48.4. The molecule has 8 aliphatic rings. The largest absolute Gasteiger partial charge is 0.515 e. The Morgan fingerprint density at radius 1 is 0.261 bits per heavy atom. The van der Waals surface area contributed by atoms with Gasteiger partial charge in [-0.25, -0.2) is 0 Å². The summed E-state index contributed by atoms with van der Waals surface area (Å²) >= 11 is 0. The van der Waals surface area contributed by atoms with Crippen LogP contribution in [-0.2, 0) is 76.6 Å². The SMILES string of the molecule is C[Si]1(CCOCC2CO2)O[Si]2(c3ccccc3)O[Si]3(c4ccccc4)O[Si]4(c5ccccc5)O[Si](C)(CCOCC5CO5)O[Si]5(c6ccccc6)O[Si](c6ccccc6)(O[Si](c6ccccc6)(O1)O[Si](c1ccccc1)(O5)O[Si](c1ccccc1)(O2)O4)O3. The quantitative estimate of drug-likeness (QED) is 0.0684. The maximum atomic E-state index is 8.58. The van der Waals surface area contributed by atoms with Gasteiger partial charge in [-0.2, -0.15) is 0 Å². The second-order valence-corrected chi connectivity index (χ2v) is 53.1. The standard InChI is InChI=1S/C60H64O18Si10/c1-79(45-43-61-47-51-49-63-51)65-81(53-27-11-3-12-28-53)69-85(57-35-19-7-20-36-57)73-83(55-31-15-5-16-32-55)67-80(2,46-44-62-48-52-50-64-52)68-84(56-33-17-6-18-34-56)75-87(77-85,59-39-23-9-24-40-59)71-82(66-79,54-29-13-4-14-30-54)72-88(76-84,60-41-25-10-26-42-60)78-86(70-81,74-83)58-37-21-8-22-38-58/h3-42,51-52H,43-50H2,1-2H3. The van der Waals surface area contributed by atoms with Crippen molar-refractivity contribution < 1.29 is 76.6 Å². The highest BCUT2D eigenvalue weighted by Gasteiger charge is 2.83. The molecule has 2 unspecified atom stereocenters. The van der Waals surface area contributed by atoms with Gasteiger partial charge < -0.3 is 76.6 Å². The molecule has 8 bridgehead atoms. The summed E-state index contributed by atoms with van der Waals surface area (Å²) < 4.78 is 143. The molecule has 0 saturated carbocycles. The van der Waals surface area contributed by atoms with Crippen molar-refractivity contribution in [3.8, 4) is 0 Å². The molecule has 8 aromatic carbocycles. The molecule has 0 aromatic heterocycles. The van der Waals surface area contributed by atoms with Crippen LogP contribution in [0.2, 0.25) is 25.2 Å². The summed E-state index contributed by atoms with van der Waals surface area (Å²) in [6.45, 7) is 6.28. The van der Waals surface area contributed by atoms with Gasteiger partial charge in [0, 0.05) is 66.8 Å². The molecular formula is C60H64O18Si10. The number of ether oxygens (including phenoxy) is 4. The molecule has 0 aliphatic carbocycles. The molecule has 28 heteroatoms. The van der Waals surface area contributed by atoms with Crippen LogP contribution in [0.3, 0.4) is 0 Å². The summed E-state index contributed by atoms with van der Waals surface area (Å²) in [5, 5.41) is 4.09. The lowest BCUT2D eigenvalue weighted by Gasteiger charge is -2.61. The fraction of sp³-hybridized carbons (Fsp3) is 0.200. The van der Waals surface area contributed by atoms with Crippen LogP contribution in [0.5, 0.6) is 0 Å². The molecule has 18 nitrogen and oxygen atoms in total. The van der Waals surface area contributed by atoms with Gasteiger partial charge in [-0.05, 0) is 13.1 Å². The molecule has 2 atom stereocenters. The number of hydrogen-bond donors (Lipinski definition) is 0. The van der Waals surface area contributed by atoms with E-state index in [1.165, 1.54) is 0 Å². The molecular weight excluding hydrogens is 1290 g/mol. The fourth-order valence-corrected chi connectivity index (χ4v) is 67.6. The highest BCUT2D eigenvalue weighted by Crippen LogP contribution is 2.48. The van der Waals surface area contributed by atoms with E-state index in [4.69, 9.17) is 76.6 Å². The maximum Gasteiger partial charge on any atom is 0.515 e. The highest BCUT2D eigenvalue weighted by atomic mass is 28.6. The molecule has 16 rings (SSSR count). The second kappa shape index (κ2) is 23.7. The molecule has 8 fully saturated rings. The van der Waals surface area contributed by atoms with Crippen molar-refractivity contribution in [1.82, 2.24) is 0 Å². The van der Waals surface area contributed by atoms with Gasteiger partial charge in [0.25, 0.3) is 0 Å². The van der Waals surface area contributed by atoms with Crippen molar-refractivity contribution in [3.63, 3.8) is 0 Å². The van der Waals surface area contributed by atoms with Crippen LogP contribution in [-0.4, -0.2) is 139 Å². The molecule has 8 aliphatic heterocycles. The van der Waals surface area contributed by atoms with Gasteiger partial charge in [-0.3, -0.25) is 0 Å². The predicted octanol–water partition coefficient (Wildman–Crippen LogP) is 4.03. The molecule has 0 amide bonds. The number of benzene rings is 8. The number of fused-ring (bicyclic) bond motifs is 4. The fourth-order valence-electron chi connectivity index (χ4n) is 11.5. The van der Waals surface area contributed by atoms with Crippen molar-refractivity contribution in [2.24, 2.45) is 0 Å². The summed E-state index contributed by atoms with van der Waals surface area (Å²) in [6.07, 6.45) is -0.0569. The second-order valence-electron chi connectivity index (χ2n) is 22.6. The Morgan fingerprint density at radius 3 is 0.580 bits per heavy atom. The van der Waals surface area contributed by atoms with Crippen molar-refractivity contribution in [3.05, 3.63) is 243 Å². The van der Waals surface area contributed by atoms with Crippen LogP contribution < -0.4 is 41.5 Å². The van der Waals surface area contributed by atoms with Crippen LogP contribution in [0, 0.1) is 0 Å². The Bertz CT molecular complexity index is 3200. The average molecular weight is 1350 g/mol. The Balaban J connectivity index is 1.16. The van der Waals surface area contributed by atoms with Gasteiger partial charge in [0.05, 0.1) is 26.4 Å². The molecule has 0 spiro atoms. The highest BCUT2D eigenvalue weighted by molar-refractivity contribution is 7.12. The zero-order chi connectivity index (χ0) is 59.4. The molecule has 8 aromatic rings. The summed E-state index contributed by atoms with van der Waals surface area (Å²) in [5.41, 5.74) is 0. The van der Waals surface area contributed by atoms with Gasteiger partial charge in [0.1, 0.15) is 12.2 Å².